The minimum absolute atomic E-state index is 0.276. The largest absolute Gasteiger partial charge is 0.497 e. The number of ether oxygens (including phenoxy) is 2. The van der Waals surface area contributed by atoms with Crippen LogP contribution in [0.3, 0.4) is 0 Å². The predicted molar refractivity (Wildman–Crippen MR) is 74.6 cm³/mol. The summed E-state index contributed by atoms with van der Waals surface area (Å²) in [5.41, 5.74) is 2.39. The molecule has 0 aliphatic carbocycles. The molecule has 0 aliphatic rings. The lowest BCUT2D eigenvalue weighted by molar-refractivity contribution is 0.382. The Balaban J connectivity index is 3.11. The van der Waals surface area contributed by atoms with E-state index in [1.165, 1.54) is 11.1 Å². The molecule has 0 heterocycles. The van der Waals surface area contributed by atoms with Crippen molar-refractivity contribution in [3.05, 3.63) is 23.3 Å². The highest BCUT2D eigenvalue weighted by atomic mass is 16.5. The minimum Gasteiger partial charge on any atom is -0.497 e. The van der Waals surface area contributed by atoms with Gasteiger partial charge in [-0.05, 0) is 45.6 Å². The van der Waals surface area contributed by atoms with Crippen molar-refractivity contribution < 1.29 is 9.47 Å². The van der Waals surface area contributed by atoms with Gasteiger partial charge in [-0.1, -0.05) is 0 Å². The maximum absolute atomic E-state index is 5.49. The normalized spacial score (nSPS) is 12.3. The molecule has 1 atom stereocenters. The zero-order valence-electron chi connectivity index (χ0n) is 12.0. The van der Waals surface area contributed by atoms with Crippen LogP contribution in [0.4, 0.5) is 0 Å². The molecular formula is C14H24N2O2. The van der Waals surface area contributed by atoms with Crippen LogP contribution in [-0.4, -0.2) is 34.9 Å². The summed E-state index contributed by atoms with van der Waals surface area (Å²) in [5, 5.41) is 6.52. The lowest BCUT2D eigenvalue weighted by Crippen LogP contribution is -2.22. The third kappa shape index (κ3) is 3.37. The monoisotopic (exact) mass is 252 g/mol. The highest BCUT2D eigenvalue weighted by Crippen LogP contribution is 2.34. The van der Waals surface area contributed by atoms with Crippen LogP contribution in [0.1, 0.15) is 23.6 Å². The summed E-state index contributed by atoms with van der Waals surface area (Å²) >= 11 is 0. The summed E-state index contributed by atoms with van der Waals surface area (Å²) < 4.78 is 10.8. The van der Waals surface area contributed by atoms with Gasteiger partial charge in [0.2, 0.25) is 0 Å². The summed E-state index contributed by atoms with van der Waals surface area (Å²) in [6.45, 7) is 3.05. The molecule has 0 bridgehead atoms. The molecule has 0 saturated carbocycles. The Hall–Kier alpha value is -1.26. The first-order valence-corrected chi connectivity index (χ1v) is 6.22. The van der Waals surface area contributed by atoms with E-state index in [1.807, 2.05) is 26.2 Å². The van der Waals surface area contributed by atoms with Crippen molar-refractivity contribution in [1.29, 1.82) is 0 Å². The zero-order chi connectivity index (χ0) is 13.5. The third-order valence-electron chi connectivity index (χ3n) is 3.16. The van der Waals surface area contributed by atoms with Gasteiger partial charge in [-0.3, -0.25) is 0 Å². The summed E-state index contributed by atoms with van der Waals surface area (Å²) in [5.74, 6) is 1.71. The molecule has 0 amide bonds. The minimum atomic E-state index is 0.276. The molecule has 0 aliphatic heterocycles. The molecule has 4 heteroatoms. The molecule has 0 aromatic heterocycles. The highest BCUT2D eigenvalue weighted by molar-refractivity contribution is 5.47. The van der Waals surface area contributed by atoms with Gasteiger partial charge in [0.15, 0.2) is 0 Å². The van der Waals surface area contributed by atoms with E-state index in [0.717, 1.165) is 24.5 Å². The van der Waals surface area contributed by atoms with E-state index < -0.39 is 0 Å². The van der Waals surface area contributed by atoms with E-state index in [4.69, 9.17) is 9.47 Å². The van der Waals surface area contributed by atoms with Crippen LogP contribution in [0.5, 0.6) is 11.5 Å². The Morgan fingerprint density at radius 1 is 1.17 bits per heavy atom. The highest BCUT2D eigenvalue weighted by Gasteiger charge is 2.17. The van der Waals surface area contributed by atoms with Crippen molar-refractivity contribution in [3.8, 4) is 11.5 Å². The van der Waals surface area contributed by atoms with Crippen molar-refractivity contribution in [3.63, 3.8) is 0 Å². The van der Waals surface area contributed by atoms with Crippen molar-refractivity contribution in [2.24, 2.45) is 0 Å². The lowest BCUT2D eigenvalue weighted by atomic mass is 9.97. The fourth-order valence-corrected chi connectivity index (χ4v) is 2.19. The first kappa shape index (κ1) is 14.8. The fraction of sp³-hybridized carbons (Fsp3) is 0.571. The standard InChI is InChI=1S/C14H24N2O2/c1-10-8-11(17-4)9-13(18-5)14(10)12(16-3)6-7-15-2/h8-9,12,15-16H,6-7H2,1-5H3. The van der Waals surface area contributed by atoms with Crippen molar-refractivity contribution in [1.82, 2.24) is 10.6 Å². The van der Waals surface area contributed by atoms with Gasteiger partial charge in [-0.15, -0.1) is 0 Å². The number of aryl methyl sites for hydroxylation is 1. The van der Waals surface area contributed by atoms with E-state index >= 15 is 0 Å². The van der Waals surface area contributed by atoms with Crippen LogP contribution in [0, 0.1) is 6.92 Å². The molecule has 4 nitrogen and oxygen atoms in total. The molecule has 1 aromatic carbocycles. The van der Waals surface area contributed by atoms with Crippen molar-refractivity contribution in [2.45, 2.75) is 19.4 Å². The average molecular weight is 252 g/mol. The van der Waals surface area contributed by atoms with E-state index in [0.29, 0.717) is 0 Å². The predicted octanol–water partition coefficient (Wildman–Crippen LogP) is 1.88. The van der Waals surface area contributed by atoms with Gasteiger partial charge in [0, 0.05) is 17.7 Å². The second-order valence-corrected chi connectivity index (χ2v) is 4.29. The molecule has 0 fully saturated rings. The average Bonchev–Trinajstić information content (AvgIpc) is 2.40. The van der Waals surface area contributed by atoms with Gasteiger partial charge in [-0.2, -0.15) is 0 Å². The van der Waals surface area contributed by atoms with Gasteiger partial charge in [0.05, 0.1) is 14.2 Å². The molecule has 1 aromatic rings. The van der Waals surface area contributed by atoms with Gasteiger partial charge in [-0.25, -0.2) is 0 Å². The number of benzene rings is 1. The summed E-state index contributed by atoms with van der Waals surface area (Å²) in [6.07, 6.45) is 1.01. The molecule has 1 unspecified atom stereocenters. The summed E-state index contributed by atoms with van der Waals surface area (Å²) in [6, 6.07) is 4.26. The van der Waals surface area contributed by atoms with Gasteiger partial charge in [0.1, 0.15) is 11.5 Å². The van der Waals surface area contributed by atoms with E-state index in [-0.39, 0.29) is 6.04 Å². The summed E-state index contributed by atoms with van der Waals surface area (Å²) in [4.78, 5) is 0. The molecule has 1 rings (SSSR count). The molecule has 2 N–H and O–H groups in total. The first-order chi connectivity index (χ1) is 8.67. The van der Waals surface area contributed by atoms with Crippen LogP contribution in [0.2, 0.25) is 0 Å². The Labute approximate surface area is 110 Å². The quantitative estimate of drug-likeness (QED) is 0.777. The topological polar surface area (TPSA) is 42.5 Å². The third-order valence-corrected chi connectivity index (χ3v) is 3.16. The molecule has 0 saturated heterocycles. The molecule has 0 spiro atoms. The molecule has 102 valence electrons. The van der Waals surface area contributed by atoms with Crippen LogP contribution in [-0.2, 0) is 0 Å². The van der Waals surface area contributed by atoms with Gasteiger partial charge in [0.25, 0.3) is 0 Å². The Bertz CT molecular complexity index is 380. The van der Waals surface area contributed by atoms with Crippen molar-refractivity contribution >= 4 is 0 Å². The maximum Gasteiger partial charge on any atom is 0.127 e. The van der Waals surface area contributed by atoms with Gasteiger partial charge < -0.3 is 20.1 Å². The van der Waals surface area contributed by atoms with E-state index in [1.54, 1.807) is 14.2 Å². The first-order valence-electron chi connectivity index (χ1n) is 6.22. The smallest absolute Gasteiger partial charge is 0.127 e. The van der Waals surface area contributed by atoms with Crippen LogP contribution in [0.15, 0.2) is 12.1 Å². The fourth-order valence-electron chi connectivity index (χ4n) is 2.19. The number of rotatable bonds is 7. The van der Waals surface area contributed by atoms with Crippen molar-refractivity contribution in [2.75, 3.05) is 34.9 Å². The second kappa shape index (κ2) is 7.24. The molecular weight excluding hydrogens is 228 g/mol. The zero-order valence-corrected chi connectivity index (χ0v) is 12.0. The summed E-state index contributed by atoms with van der Waals surface area (Å²) in [7, 11) is 7.31. The van der Waals surface area contributed by atoms with Crippen LogP contribution < -0.4 is 20.1 Å². The lowest BCUT2D eigenvalue weighted by Gasteiger charge is -2.22. The Morgan fingerprint density at radius 2 is 1.89 bits per heavy atom. The van der Waals surface area contributed by atoms with Gasteiger partial charge >= 0.3 is 0 Å². The molecule has 0 radical (unpaired) electrons. The van der Waals surface area contributed by atoms with E-state index in [2.05, 4.69) is 17.6 Å². The van der Waals surface area contributed by atoms with E-state index in [9.17, 15) is 0 Å². The SMILES string of the molecule is CNCCC(NC)c1c(C)cc(OC)cc1OC. The number of methoxy groups -OCH3 is 2. The van der Waals surface area contributed by atoms with Crippen LogP contribution in [0.25, 0.3) is 0 Å². The Kier molecular flexibility index (Phi) is 5.95. The number of hydrogen-bond acceptors (Lipinski definition) is 4. The number of nitrogens with one attached hydrogen (secondary N) is 2. The second-order valence-electron chi connectivity index (χ2n) is 4.29. The number of hydrogen-bond donors (Lipinski definition) is 2. The van der Waals surface area contributed by atoms with Crippen LogP contribution >= 0.6 is 0 Å². The Morgan fingerprint density at radius 3 is 2.39 bits per heavy atom. The molecule has 18 heavy (non-hydrogen) atoms. The maximum atomic E-state index is 5.49.